The molecule has 0 spiro atoms. The van der Waals surface area contributed by atoms with Crippen LogP contribution in [0.2, 0.25) is 0 Å². The van der Waals surface area contributed by atoms with Gasteiger partial charge in [-0.1, -0.05) is 24.3 Å². The summed E-state index contributed by atoms with van der Waals surface area (Å²) in [5.41, 5.74) is 2.30. The summed E-state index contributed by atoms with van der Waals surface area (Å²) < 4.78 is 29.3. The Morgan fingerprint density at radius 3 is 2.50 bits per heavy atom. The number of nitrogens with one attached hydrogen (secondary N) is 2. The number of amides is 3. The summed E-state index contributed by atoms with van der Waals surface area (Å²) in [4.78, 5) is 27.2. The molecule has 1 aliphatic heterocycles. The van der Waals surface area contributed by atoms with Crippen molar-refractivity contribution in [3.63, 3.8) is 0 Å². The van der Waals surface area contributed by atoms with Crippen molar-refractivity contribution in [1.29, 1.82) is 0 Å². The maximum atomic E-state index is 12.8. The first kappa shape index (κ1) is 21.5. The van der Waals surface area contributed by atoms with Crippen LogP contribution in [-0.4, -0.2) is 36.5 Å². The van der Waals surface area contributed by atoms with Crippen LogP contribution in [0.15, 0.2) is 42.5 Å². The second-order valence-electron chi connectivity index (χ2n) is 7.27. The fourth-order valence-electron chi connectivity index (χ4n) is 3.49. The molecule has 1 heterocycles. The van der Waals surface area contributed by atoms with E-state index < -0.39 is 18.7 Å². The van der Waals surface area contributed by atoms with Gasteiger partial charge < -0.3 is 20.3 Å². The molecule has 3 amide bonds. The average Bonchev–Trinajstić information content (AvgIpc) is 3.23. The van der Waals surface area contributed by atoms with Gasteiger partial charge in [0.1, 0.15) is 5.75 Å². The van der Waals surface area contributed by atoms with Gasteiger partial charge in [-0.2, -0.15) is 8.78 Å². The van der Waals surface area contributed by atoms with Crippen molar-refractivity contribution in [3.05, 3.63) is 59.2 Å². The lowest BCUT2D eigenvalue weighted by atomic mass is 10.1. The van der Waals surface area contributed by atoms with Crippen LogP contribution in [0.25, 0.3) is 0 Å². The molecule has 1 fully saturated rings. The first-order chi connectivity index (χ1) is 14.3. The van der Waals surface area contributed by atoms with Gasteiger partial charge in [0.15, 0.2) is 0 Å². The third-order valence-electron chi connectivity index (χ3n) is 5.07. The standard InChI is InChI=1S/C22H25F2N3O3/c1-14-7-5-10-18(20(28)27-11-3-4-12-27)19(14)26-22(29)25-15(2)16-8-6-9-17(13-16)30-21(23)24/h5-10,13,15,21H,3-4,11-12H2,1-2H3,(H2,25,26,29). The van der Waals surface area contributed by atoms with Crippen LogP contribution in [0.3, 0.4) is 0 Å². The number of urea groups is 1. The van der Waals surface area contributed by atoms with Gasteiger partial charge in [-0.25, -0.2) is 4.79 Å². The van der Waals surface area contributed by atoms with E-state index in [9.17, 15) is 18.4 Å². The Balaban J connectivity index is 1.71. The van der Waals surface area contributed by atoms with E-state index in [1.54, 1.807) is 36.1 Å². The van der Waals surface area contributed by atoms with E-state index in [-0.39, 0.29) is 11.7 Å². The van der Waals surface area contributed by atoms with Crippen LogP contribution in [0.4, 0.5) is 19.3 Å². The molecule has 0 saturated carbocycles. The molecule has 3 rings (SSSR count). The minimum Gasteiger partial charge on any atom is -0.435 e. The Labute approximate surface area is 174 Å². The maximum absolute atomic E-state index is 12.8. The van der Waals surface area contributed by atoms with Gasteiger partial charge in [-0.15, -0.1) is 0 Å². The lowest BCUT2D eigenvalue weighted by Gasteiger charge is -2.21. The van der Waals surface area contributed by atoms with Crippen LogP contribution in [0, 0.1) is 6.92 Å². The first-order valence-corrected chi connectivity index (χ1v) is 9.86. The predicted molar refractivity (Wildman–Crippen MR) is 110 cm³/mol. The lowest BCUT2D eigenvalue weighted by Crippen LogP contribution is -2.33. The molecule has 0 bridgehead atoms. The molecule has 8 heteroatoms. The number of carbonyl (C=O) groups excluding carboxylic acids is 2. The number of hydrogen-bond donors (Lipinski definition) is 2. The molecule has 1 saturated heterocycles. The number of ether oxygens (including phenoxy) is 1. The van der Waals surface area contributed by atoms with Crippen molar-refractivity contribution >= 4 is 17.6 Å². The Morgan fingerprint density at radius 1 is 1.10 bits per heavy atom. The number of nitrogens with zero attached hydrogens (tertiary/aromatic N) is 1. The fraction of sp³-hybridized carbons (Fsp3) is 0.364. The van der Waals surface area contributed by atoms with E-state index in [2.05, 4.69) is 15.4 Å². The number of halogens is 2. The quantitative estimate of drug-likeness (QED) is 0.715. The zero-order valence-electron chi connectivity index (χ0n) is 17.0. The van der Waals surface area contributed by atoms with Crippen molar-refractivity contribution in [1.82, 2.24) is 10.2 Å². The molecular weight excluding hydrogens is 392 g/mol. The Kier molecular flexibility index (Phi) is 6.87. The second-order valence-corrected chi connectivity index (χ2v) is 7.27. The number of rotatable bonds is 6. The summed E-state index contributed by atoms with van der Waals surface area (Å²) in [6, 6.07) is 10.5. The number of hydrogen-bond acceptors (Lipinski definition) is 3. The van der Waals surface area contributed by atoms with Crippen LogP contribution in [0.1, 0.15) is 47.3 Å². The molecule has 0 aromatic heterocycles. The number of para-hydroxylation sites is 1. The molecule has 1 unspecified atom stereocenters. The first-order valence-electron chi connectivity index (χ1n) is 9.86. The molecule has 2 aromatic carbocycles. The monoisotopic (exact) mass is 417 g/mol. The number of alkyl halides is 2. The SMILES string of the molecule is Cc1cccc(C(=O)N2CCCC2)c1NC(=O)NC(C)c1cccc(OC(F)F)c1. The molecule has 1 aliphatic rings. The van der Waals surface area contributed by atoms with Gasteiger partial charge >= 0.3 is 12.6 Å². The minimum atomic E-state index is -2.92. The summed E-state index contributed by atoms with van der Waals surface area (Å²) >= 11 is 0. The number of carbonyl (C=O) groups is 2. The van der Waals surface area contributed by atoms with E-state index in [1.807, 2.05) is 13.0 Å². The van der Waals surface area contributed by atoms with E-state index in [1.165, 1.54) is 12.1 Å². The van der Waals surface area contributed by atoms with E-state index in [4.69, 9.17) is 0 Å². The average molecular weight is 417 g/mol. The van der Waals surface area contributed by atoms with Gasteiger partial charge in [0.05, 0.1) is 17.3 Å². The van der Waals surface area contributed by atoms with Crippen LogP contribution < -0.4 is 15.4 Å². The van der Waals surface area contributed by atoms with Crippen LogP contribution >= 0.6 is 0 Å². The second kappa shape index (κ2) is 9.56. The predicted octanol–water partition coefficient (Wildman–Crippen LogP) is 4.72. The largest absolute Gasteiger partial charge is 0.435 e. The highest BCUT2D eigenvalue weighted by atomic mass is 19.3. The van der Waals surface area contributed by atoms with Crippen LogP contribution in [0.5, 0.6) is 5.75 Å². The highest BCUT2D eigenvalue weighted by Crippen LogP contribution is 2.25. The number of anilines is 1. The summed E-state index contributed by atoms with van der Waals surface area (Å²) in [7, 11) is 0. The van der Waals surface area contributed by atoms with Gasteiger partial charge in [0, 0.05) is 13.1 Å². The summed E-state index contributed by atoms with van der Waals surface area (Å²) in [5.74, 6) is -0.0784. The highest BCUT2D eigenvalue weighted by molar-refractivity contribution is 6.04. The summed E-state index contributed by atoms with van der Waals surface area (Å²) in [5, 5.41) is 5.55. The zero-order valence-corrected chi connectivity index (χ0v) is 17.0. The van der Waals surface area contributed by atoms with Crippen molar-refractivity contribution in [3.8, 4) is 5.75 Å². The Hall–Kier alpha value is -3.16. The molecule has 2 aromatic rings. The molecule has 2 N–H and O–H groups in total. The zero-order chi connectivity index (χ0) is 21.7. The molecule has 0 aliphatic carbocycles. The fourth-order valence-corrected chi connectivity index (χ4v) is 3.49. The number of benzene rings is 2. The van der Waals surface area contributed by atoms with Crippen molar-refractivity contribution in [2.45, 2.75) is 39.3 Å². The van der Waals surface area contributed by atoms with Gasteiger partial charge in [-0.3, -0.25) is 4.79 Å². The van der Waals surface area contributed by atoms with E-state index in [0.717, 1.165) is 18.4 Å². The molecule has 6 nitrogen and oxygen atoms in total. The number of likely N-dealkylation sites (tertiary alicyclic amines) is 1. The van der Waals surface area contributed by atoms with Gasteiger partial charge in [0.25, 0.3) is 5.91 Å². The molecule has 30 heavy (non-hydrogen) atoms. The summed E-state index contributed by atoms with van der Waals surface area (Å²) in [6.07, 6.45) is 1.96. The van der Waals surface area contributed by atoms with E-state index in [0.29, 0.717) is 29.9 Å². The Bertz CT molecular complexity index is 914. The van der Waals surface area contributed by atoms with Crippen LogP contribution in [-0.2, 0) is 0 Å². The Morgan fingerprint density at radius 2 is 1.80 bits per heavy atom. The van der Waals surface area contributed by atoms with Gasteiger partial charge in [0.2, 0.25) is 0 Å². The summed E-state index contributed by atoms with van der Waals surface area (Å²) in [6.45, 7) is 2.07. The molecule has 1 atom stereocenters. The molecule has 0 radical (unpaired) electrons. The van der Waals surface area contributed by atoms with Gasteiger partial charge in [-0.05, 0) is 56.0 Å². The number of aryl methyl sites for hydroxylation is 1. The molecule has 160 valence electrons. The smallest absolute Gasteiger partial charge is 0.387 e. The maximum Gasteiger partial charge on any atom is 0.387 e. The topological polar surface area (TPSA) is 70.7 Å². The molecular formula is C22H25F2N3O3. The minimum absolute atomic E-state index is 0.0222. The lowest BCUT2D eigenvalue weighted by molar-refractivity contribution is -0.0499. The van der Waals surface area contributed by atoms with Crippen molar-refractivity contribution in [2.24, 2.45) is 0 Å². The highest BCUT2D eigenvalue weighted by Gasteiger charge is 2.23. The normalized spacial score (nSPS) is 14.5. The van der Waals surface area contributed by atoms with E-state index >= 15 is 0 Å². The van der Waals surface area contributed by atoms with Crippen molar-refractivity contribution < 1.29 is 23.1 Å². The van der Waals surface area contributed by atoms with Crippen molar-refractivity contribution in [2.75, 3.05) is 18.4 Å². The third kappa shape index (κ3) is 5.25. The third-order valence-corrected chi connectivity index (χ3v) is 5.07.